The Balaban J connectivity index is 3.11. The Bertz CT molecular complexity index is 533. The third-order valence-electron chi connectivity index (χ3n) is 2.20. The van der Waals surface area contributed by atoms with Crippen LogP contribution in [0.2, 0.25) is 0 Å². The first-order chi connectivity index (χ1) is 8.93. The molecular weight excluding hydrogens is 246 g/mol. The fourth-order valence-electron chi connectivity index (χ4n) is 1.35. The highest BCUT2D eigenvalue weighted by Crippen LogP contribution is 2.20. The van der Waals surface area contributed by atoms with E-state index in [1.54, 1.807) is 25.1 Å². The first-order valence-corrected chi connectivity index (χ1v) is 5.65. The second-order valence-corrected chi connectivity index (χ2v) is 3.73. The Kier molecular flexibility index (Phi) is 4.87. The molecule has 0 saturated carbocycles. The van der Waals surface area contributed by atoms with E-state index in [4.69, 9.17) is 21.9 Å². The molecule has 6 N–H and O–H groups in total. The Morgan fingerprint density at radius 2 is 2.00 bits per heavy atom. The Morgan fingerprint density at radius 3 is 2.58 bits per heavy atom. The monoisotopic (exact) mass is 263 g/mol. The lowest BCUT2D eigenvalue weighted by molar-refractivity contribution is 0.0526. The van der Waals surface area contributed by atoms with Crippen molar-refractivity contribution in [1.29, 1.82) is 0 Å². The van der Waals surface area contributed by atoms with Crippen molar-refractivity contribution in [2.45, 2.75) is 13.8 Å². The highest BCUT2D eigenvalue weighted by atomic mass is 16.5. The number of carbonyl (C=O) groups excluding carboxylic acids is 1. The molecule has 7 heteroatoms. The molecule has 0 fully saturated rings. The van der Waals surface area contributed by atoms with Crippen LogP contribution >= 0.6 is 0 Å². The summed E-state index contributed by atoms with van der Waals surface area (Å²) >= 11 is 0. The van der Waals surface area contributed by atoms with Gasteiger partial charge in [0, 0.05) is 0 Å². The summed E-state index contributed by atoms with van der Waals surface area (Å²) in [6, 6.07) is 4.97. The summed E-state index contributed by atoms with van der Waals surface area (Å²) in [5.41, 5.74) is 17.7. The highest BCUT2D eigenvalue weighted by molar-refractivity contribution is 5.94. The van der Waals surface area contributed by atoms with Gasteiger partial charge in [-0.2, -0.15) is 4.99 Å². The van der Waals surface area contributed by atoms with Gasteiger partial charge >= 0.3 is 5.97 Å². The molecule has 0 aliphatic carbocycles. The molecule has 1 aromatic rings. The van der Waals surface area contributed by atoms with Gasteiger partial charge in [0.05, 0.1) is 17.9 Å². The van der Waals surface area contributed by atoms with E-state index in [0.29, 0.717) is 17.9 Å². The third kappa shape index (κ3) is 4.30. The van der Waals surface area contributed by atoms with Crippen LogP contribution in [0.25, 0.3) is 0 Å². The van der Waals surface area contributed by atoms with Gasteiger partial charge in [0.1, 0.15) is 0 Å². The molecule has 19 heavy (non-hydrogen) atoms. The van der Waals surface area contributed by atoms with E-state index in [0.717, 1.165) is 5.56 Å². The lowest BCUT2D eigenvalue weighted by Gasteiger charge is -2.05. The van der Waals surface area contributed by atoms with Crippen LogP contribution in [0.1, 0.15) is 22.8 Å². The van der Waals surface area contributed by atoms with Crippen molar-refractivity contribution in [2.75, 3.05) is 6.61 Å². The molecule has 0 bridgehead atoms. The molecule has 1 rings (SSSR count). The third-order valence-corrected chi connectivity index (χ3v) is 2.20. The van der Waals surface area contributed by atoms with Gasteiger partial charge in [-0.3, -0.25) is 0 Å². The van der Waals surface area contributed by atoms with E-state index < -0.39 is 5.97 Å². The number of nitrogens with zero attached hydrogens (tertiary/aromatic N) is 2. The summed E-state index contributed by atoms with van der Waals surface area (Å²) in [6.45, 7) is 3.87. The van der Waals surface area contributed by atoms with Crippen LogP contribution in [0.4, 0.5) is 5.69 Å². The Morgan fingerprint density at radius 1 is 1.32 bits per heavy atom. The number of benzene rings is 1. The molecule has 0 aromatic heterocycles. The van der Waals surface area contributed by atoms with Gasteiger partial charge < -0.3 is 21.9 Å². The zero-order valence-corrected chi connectivity index (χ0v) is 10.9. The van der Waals surface area contributed by atoms with Gasteiger partial charge in [0.25, 0.3) is 0 Å². The SMILES string of the molecule is CCOC(=O)c1ccc(C)c(N=C(N)N=C(N)N)c1. The molecule has 0 spiro atoms. The van der Waals surface area contributed by atoms with Crippen molar-refractivity contribution in [2.24, 2.45) is 27.2 Å². The lowest BCUT2D eigenvalue weighted by atomic mass is 10.1. The first kappa shape index (κ1) is 14.5. The summed E-state index contributed by atoms with van der Waals surface area (Å²) in [4.78, 5) is 19.3. The van der Waals surface area contributed by atoms with Gasteiger partial charge in [-0.1, -0.05) is 6.07 Å². The zero-order valence-electron chi connectivity index (χ0n) is 10.9. The average Bonchev–Trinajstić information content (AvgIpc) is 2.31. The summed E-state index contributed by atoms with van der Waals surface area (Å²) in [7, 11) is 0. The number of guanidine groups is 2. The van der Waals surface area contributed by atoms with Gasteiger partial charge in [0.15, 0.2) is 5.96 Å². The molecule has 0 unspecified atom stereocenters. The maximum Gasteiger partial charge on any atom is 0.338 e. The Labute approximate surface area is 111 Å². The van der Waals surface area contributed by atoms with Crippen LogP contribution < -0.4 is 17.2 Å². The number of ether oxygens (including phenoxy) is 1. The molecule has 0 amide bonds. The smallest absolute Gasteiger partial charge is 0.338 e. The van der Waals surface area contributed by atoms with Gasteiger partial charge in [-0.15, -0.1) is 0 Å². The average molecular weight is 263 g/mol. The maximum absolute atomic E-state index is 11.6. The predicted molar refractivity (Wildman–Crippen MR) is 74.2 cm³/mol. The molecule has 1 aromatic carbocycles. The van der Waals surface area contributed by atoms with Crippen LogP contribution in [0.3, 0.4) is 0 Å². The normalized spacial score (nSPS) is 10.9. The van der Waals surface area contributed by atoms with Crippen molar-refractivity contribution in [3.8, 4) is 0 Å². The van der Waals surface area contributed by atoms with E-state index >= 15 is 0 Å². The van der Waals surface area contributed by atoms with Crippen molar-refractivity contribution in [3.63, 3.8) is 0 Å². The van der Waals surface area contributed by atoms with E-state index in [-0.39, 0.29) is 11.9 Å². The Hall–Kier alpha value is -2.57. The molecule has 0 saturated heterocycles. The standard InChI is InChI=1S/C12H17N5O2/c1-3-19-10(18)8-5-4-7(2)9(6-8)16-12(15)17-11(13)14/h4-6H,3H2,1-2H3,(H6,13,14,15,16,17). The minimum atomic E-state index is -0.417. The van der Waals surface area contributed by atoms with Crippen LogP contribution in [0, 0.1) is 6.92 Å². The number of esters is 1. The number of hydrogen-bond acceptors (Lipinski definition) is 3. The van der Waals surface area contributed by atoms with Crippen molar-refractivity contribution < 1.29 is 9.53 Å². The topological polar surface area (TPSA) is 129 Å². The van der Waals surface area contributed by atoms with E-state index in [9.17, 15) is 4.79 Å². The van der Waals surface area contributed by atoms with Gasteiger partial charge in [0.2, 0.25) is 5.96 Å². The number of hydrogen-bond donors (Lipinski definition) is 3. The molecule has 0 aliphatic rings. The number of aliphatic imine (C=N–C) groups is 2. The van der Waals surface area contributed by atoms with E-state index in [1.165, 1.54) is 0 Å². The molecule has 0 heterocycles. The number of aryl methyl sites for hydroxylation is 1. The minimum absolute atomic E-state index is 0.0795. The maximum atomic E-state index is 11.6. The zero-order chi connectivity index (χ0) is 14.4. The van der Waals surface area contributed by atoms with Gasteiger partial charge in [-0.05, 0) is 31.5 Å². The van der Waals surface area contributed by atoms with Crippen molar-refractivity contribution in [3.05, 3.63) is 29.3 Å². The second kappa shape index (κ2) is 6.39. The number of nitrogens with two attached hydrogens (primary N) is 3. The highest BCUT2D eigenvalue weighted by Gasteiger charge is 2.08. The summed E-state index contributed by atoms with van der Waals surface area (Å²) in [5, 5.41) is 0. The quantitative estimate of drug-likeness (QED) is 0.412. The van der Waals surface area contributed by atoms with Crippen molar-refractivity contribution in [1.82, 2.24) is 0 Å². The van der Waals surface area contributed by atoms with Crippen LogP contribution in [0.5, 0.6) is 0 Å². The summed E-state index contributed by atoms with van der Waals surface area (Å²) < 4.78 is 4.91. The van der Waals surface area contributed by atoms with E-state index in [2.05, 4.69) is 9.98 Å². The lowest BCUT2D eigenvalue weighted by Crippen LogP contribution is -2.26. The fraction of sp³-hybridized carbons (Fsp3) is 0.250. The largest absolute Gasteiger partial charge is 0.462 e. The molecule has 0 aliphatic heterocycles. The van der Waals surface area contributed by atoms with Crippen LogP contribution in [-0.4, -0.2) is 24.5 Å². The van der Waals surface area contributed by atoms with Crippen LogP contribution in [0.15, 0.2) is 28.2 Å². The van der Waals surface area contributed by atoms with Crippen molar-refractivity contribution >= 4 is 23.6 Å². The number of rotatable bonds is 3. The molecule has 102 valence electrons. The fourth-order valence-corrected chi connectivity index (χ4v) is 1.35. The summed E-state index contributed by atoms with van der Waals surface area (Å²) in [6.07, 6.45) is 0. The first-order valence-electron chi connectivity index (χ1n) is 5.65. The van der Waals surface area contributed by atoms with Crippen LogP contribution in [-0.2, 0) is 4.74 Å². The summed E-state index contributed by atoms with van der Waals surface area (Å²) in [5.74, 6) is -0.677. The molecular formula is C12H17N5O2. The second-order valence-electron chi connectivity index (χ2n) is 3.73. The molecule has 0 atom stereocenters. The minimum Gasteiger partial charge on any atom is -0.462 e. The predicted octanol–water partition coefficient (Wildman–Crippen LogP) is 0.391. The molecule has 7 nitrogen and oxygen atoms in total. The molecule has 0 radical (unpaired) electrons. The van der Waals surface area contributed by atoms with Gasteiger partial charge in [-0.25, -0.2) is 9.79 Å². The van der Waals surface area contributed by atoms with E-state index in [1.807, 2.05) is 6.92 Å². The number of carbonyl (C=O) groups is 1.